The van der Waals surface area contributed by atoms with Gasteiger partial charge in [-0.3, -0.25) is 0 Å². The van der Waals surface area contributed by atoms with Crippen molar-refractivity contribution in [3.05, 3.63) is 58.6 Å². The van der Waals surface area contributed by atoms with Crippen LogP contribution in [0.15, 0.2) is 47.2 Å². The number of carbonyl (C=O) groups is 1. The van der Waals surface area contributed by atoms with E-state index in [2.05, 4.69) is 0 Å². The van der Waals surface area contributed by atoms with E-state index in [0.717, 1.165) is 20.0 Å². The number of halogens is 1. The van der Waals surface area contributed by atoms with Gasteiger partial charge in [-0.25, -0.2) is 9.18 Å². The minimum atomic E-state index is -1.94. The summed E-state index contributed by atoms with van der Waals surface area (Å²) in [5, 5.41) is 19.7. The number of hydrogen-bond donors (Lipinski definition) is 1. The molecule has 1 aromatic rings. The molecule has 0 aromatic heterocycles. The van der Waals surface area contributed by atoms with Gasteiger partial charge in [0.1, 0.15) is 11.9 Å². The number of nitrogens with zero attached hydrogens (tertiary/aromatic N) is 2. The van der Waals surface area contributed by atoms with Gasteiger partial charge < -0.3 is 10.5 Å². The van der Waals surface area contributed by atoms with Gasteiger partial charge in [-0.15, -0.1) is 0 Å². The third kappa shape index (κ3) is 2.30. The van der Waals surface area contributed by atoms with Crippen LogP contribution in [0.2, 0.25) is 0 Å². The summed E-state index contributed by atoms with van der Waals surface area (Å²) in [7, 11) is 1.16. The molecule has 0 saturated carbocycles. The molecule has 3 rings (SSSR count). The van der Waals surface area contributed by atoms with E-state index in [4.69, 9.17) is 10.5 Å². The number of hydrogen-bond acceptors (Lipinski definition) is 5. The van der Waals surface area contributed by atoms with E-state index < -0.39 is 23.1 Å². The predicted octanol–water partition coefficient (Wildman–Crippen LogP) is 3.07. The first-order valence-electron chi connectivity index (χ1n) is 8.37. The largest absolute Gasteiger partial charge is 0.468 e. The Morgan fingerprint density at radius 2 is 2.12 bits per heavy atom. The number of nitrogens with two attached hydrogens (primary N) is 1. The van der Waals surface area contributed by atoms with Gasteiger partial charge in [0.25, 0.3) is 0 Å². The molecule has 6 heteroatoms. The molecule has 0 heterocycles. The van der Waals surface area contributed by atoms with Gasteiger partial charge in [-0.05, 0) is 42.4 Å². The van der Waals surface area contributed by atoms with Crippen molar-refractivity contribution in [2.75, 3.05) is 7.11 Å². The fourth-order valence-corrected chi connectivity index (χ4v) is 4.23. The highest BCUT2D eigenvalue weighted by atomic mass is 19.1. The lowest BCUT2D eigenvalue weighted by molar-refractivity contribution is -0.149. The summed E-state index contributed by atoms with van der Waals surface area (Å²) < 4.78 is 19.6. The second-order valence-corrected chi connectivity index (χ2v) is 6.51. The molecule has 5 nitrogen and oxygen atoms in total. The number of fused-ring (bicyclic) bond motifs is 1. The summed E-state index contributed by atoms with van der Waals surface area (Å²) in [5.74, 6) is -2.60. The van der Waals surface area contributed by atoms with Crippen molar-refractivity contribution in [2.45, 2.75) is 25.2 Å². The van der Waals surface area contributed by atoms with Crippen LogP contribution in [0.5, 0.6) is 0 Å². The number of esters is 1. The van der Waals surface area contributed by atoms with Gasteiger partial charge in [0.2, 0.25) is 5.41 Å². The standard InChI is InChI=1S/C20H18FN3O2/c1-26-19(25)20(11-23)17(14-8-4-5-9-16(14)21)13-7-3-2-6-12(13)15(10-22)18(20)24/h4-6,8-9,13,17H,2-3,7,24H2,1H3/t13-,17+,20-/m1/s1. The van der Waals surface area contributed by atoms with Crippen LogP contribution < -0.4 is 5.73 Å². The van der Waals surface area contributed by atoms with Gasteiger partial charge in [-0.2, -0.15) is 10.5 Å². The SMILES string of the molecule is COC(=O)[C@@]1(C#N)C(N)=C(C#N)C2=CCCC[C@H]2[C@H]1c1ccccc1F. The van der Waals surface area contributed by atoms with Crippen molar-refractivity contribution in [3.8, 4) is 12.1 Å². The van der Waals surface area contributed by atoms with Crippen LogP contribution in [0.4, 0.5) is 4.39 Å². The fraction of sp³-hybridized carbons (Fsp3) is 0.350. The van der Waals surface area contributed by atoms with Crippen LogP contribution in [0.1, 0.15) is 30.7 Å². The first kappa shape index (κ1) is 17.7. The molecule has 2 aliphatic rings. The quantitative estimate of drug-likeness (QED) is 0.825. The van der Waals surface area contributed by atoms with Crippen LogP contribution >= 0.6 is 0 Å². The average Bonchev–Trinajstić information content (AvgIpc) is 2.67. The Morgan fingerprint density at radius 3 is 2.73 bits per heavy atom. The lowest BCUT2D eigenvalue weighted by atomic mass is 9.56. The number of methoxy groups -OCH3 is 1. The van der Waals surface area contributed by atoms with Crippen molar-refractivity contribution in [2.24, 2.45) is 17.1 Å². The highest BCUT2D eigenvalue weighted by Gasteiger charge is 2.59. The van der Waals surface area contributed by atoms with Gasteiger partial charge in [0.15, 0.2) is 0 Å². The van der Waals surface area contributed by atoms with Crippen LogP contribution in [0.25, 0.3) is 0 Å². The zero-order valence-corrected chi connectivity index (χ0v) is 14.3. The summed E-state index contributed by atoms with van der Waals surface area (Å²) in [5.41, 5.74) is 5.17. The highest BCUT2D eigenvalue weighted by Crippen LogP contribution is 2.56. The maximum absolute atomic E-state index is 14.7. The number of ether oxygens (including phenoxy) is 1. The van der Waals surface area contributed by atoms with Gasteiger partial charge in [-0.1, -0.05) is 24.3 Å². The molecule has 132 valence electrons. The molecule has 2 N–H and O–H groups in total. The van der Waals surface area contributed by atoms with Gasteiger partial charge in [0.05, 0.1) is 24.4 Å². The van der Waals surface area contributed by atoms with E-state index in [0.29, 0.717) is 12.0 Å². The summed E-state index contributed by atoms with van der Waals surface area (Å²) >= 11 is 0. The summed E-state index contributed by atoms with van der Waals surface area (Å²) in [6, 6.07) is 10.1. The molecule has 0 radical (unpaired) electrons. The maximum atomic E-state index is 14.7. The zero-order chi connectivity index (χ0) is 18.9. The first-order valence-corrected chi connectivity index (χ1v) is 8.37. The van der Waals surface area contributed by atoms with E-state index in [1.54, 1.807) is 18.2 Å². The summed E-state index contributed by atoms with van der Waals surface area (Å²) in [6.45, 7) is 0. The minimum absolute atomic E-state index is 0.134. The normalized spacial score (nSPS) is 27.6. The van der Waals surface area contributed by atoms with Crippen molar-refractivity contribution >= 4 is 5.97 Å². The Kier molecular flexibility index (Phi) is 4.52. The van der Waals surface area contributed by atoms with E-state index >= 15 is 0 Å². The monoisotopic (exact) mass is 351 g/mol. The zero-order valence-electron chi connectivity index (χ0n) is 14.3. The molecular weight excluding hydrogens is 333 g/mol. The fourth-order valence-electron chi connectivity index (χ4n) is 4.23. The Balaban J connectivity index is 2.40. The molecule has 0 amide bonds. The summed E-state index contributed by atoms with van der Waals surface area (Å²) in [4.78, 5) is 12.8. The number of carbonyl (C=O) groups excluding carboxylic acids is 1. The number of benzene rings is 1. The molecule has 0 fully saturated rings. The number of allylic oxidation sites excluding steroid dienone is 3. The van der Waals surface area contributed by atoms with Gasteiger partial charge in [0, 0.05) is 5.92 Å². The smallest absolute Gasteiger partial charge is 0.333 e. The molecule has 2 aliphatic carbocycles. The third-order valence-corrected chi connectivity index (χ3v) is 5.37. The Labute approximate surface area is 151 Å². The minimum Gasteiger partial charge on any atom is -0.468 e. The maximum Gasteiger partial charge on any atom is 0.333 e. The molecule has 0 bridgehead atoms. The predicted molar refractivity (Wildman–Crippen MR) is 91.5 cm³/mol. The summed E-state index contributed by atoms with van der Waals surface area (Å²) in [6.07, 6.45) is 4.13. The van der Waals surface area contributed by atoms with Crippen LogP contribution in [-0.2, 0) is 9.53 Å². The molecular formula is C20H18FN3O2. The lowest BCUT2D eigenvalue weighted by Gasteiger charge is -2.44. The molecule has 0 spiro atoms. The van der Waals surface area contributed by atoms with Crippen LogP contribution in [-0.4, -0.2) is 13.1 Å². The van der Waals surface area contributed by atoms with Crippen LogP contribution in [0, 0.1) is 39.8 Å². The van der Waals surface area contributed by atoms with E-state index in [1.807, 2.05) is 18.2 Å². The highest BCUT2D eigenvalue weighted by molar-refractivity contribution is 5.87. The number of nitriles is 2. The van der Waals surface area contributed by atoms with Gasteiger partial charge >= 0.3 is 5.97 Å². The van der Waals surface area contributed by atoms with Crippen molar-refractivity contribution in [1.29, 1.82) is 10.5 Å². The topological polar surface area (TPSA) is 99.9 Å². The molecule has 0 unspecified atom stereocenters. The van der Waals surface area contributed by atoms with Crippen LogP contribution in [0.3, 0.4) is 0 Å². The Bertz CT molecular complexity index is 906. The molecule has 3 atom stereocenters. The average molecular weight is 351 g/mol. The Morgan fingerprint density at radius 1 is 1.38 bits per heavy atom. The van der Waals surface area contributed by atoms with E-state index in [-0.39, 0.29) is 22.8 Å². The number of rotatable bonds is 2. The van der Waals surface area contributed by atoms with Crippen molar-refractivity contribution < 1.29 is 13.9 Å². The second kappa shape index (κ2) is 6.65. The van der Waals surface area contributed by atoms with E-state index in [1.165, 1.54) is 6.07 Å². The van der Waals surface area contributed by atoms with Crippen molar-refractivity contribution in [1.82, 2.24) is 0 Å². The van der Waals surface area contributed by atoms with Crippen molar-refractivity contribution in [3.63, 3.8) is 0 Å². The molecule has 1 aromatic carbocycles. The second-order valence-electron chi connectivity index (χ2n) is 6.51. The molecule has 0 aliphatic heterocycles. The Hall–Kier alpha value is -3.12. The first-order chi connectivity index (χ1) is 12.5. The van der Waals surface area contributed by atoms with E-state index in [9.17, 15) is 19.7 Å². The lowest BCUT2D eigenvalue weighted by Crippen LogP contribution is -2.49. The third-order valence-electron chi connectivity index (χ3n) is 5.37. The molecule has 26 heavy (non-hydrogen) atoms. The molecule has 0 saturated heterocycles.